The van der Waals surface area contributed by atoms with Gasteiger partial charge in [-0.05, 0) is 112 Å². The van der Waals surface area contributed by atoms with Crippen molar-refractivity contribution in [3.63, 3.8) is 0 Å². The average molecular weight is 806 g/mol. The number of para-hydroxylation sites is 3. The summed E-state index contributed by atoms with van der Waals surface area (Å²) in [6.07, 6.45) is 9.20. The maximum absolute atomic E-state index is 2.58. The number of anilines is 5. The van der Waals surface area contributed by atoms with Gasteiger partial charge in [-0.15, -0.1) is 0 Å². The smallest absolute Gasteiger partial charge is 0.0788 e. The second-order valence-corrected chi connectivity index (χ2v) is 16.5. The molecule has 0 fully saturated rings. The Labute approximate surface area is 368 Å². The molecule has 2 heterocycles. The molecule has 0 saturated carbocycles. The third-order valence-corrected chi connectivity index (χ3v) is 12.9. The average Bonchev–Trinajstić information content (AvgIpc) is 3.89. The quantitative estimate of drug-likeness (QED) is 0.152. The Balaban J connectivity index is 1.05. The summed E-state index contributed by atoms with van der Waals surface area (Å²) in [7, 11) is 0. The lowest BCUT2D eigenvalue weighted by molar-refractivity contribution is 0.745. The van der Waals surface area contributed by atoms with Gasteiger partial charge in [-0.2, -0.15) is 0 Å². The number of nitrogens with zero attached hydrogens (tertiary/aromatic N) is 3. The van der Waals surface area contributed by atoms with E-state index in [2.05, 4.69) is 263 Å². The van der Waals surface area contributed by atoms with Crippen LogP contribution in [0.1, 0.15) is 11.5 Å². The molecule has 0 bridgehead atoms. The van der Waals surface area contributed by atoms with E-state index in [-0.39, 0.29) is 12.0 Å². The molecule has 63 heavy (non-hydrogen) atoms. The third kappa shape index (κ3) is 6.28. The zero-order chi connectivity index (χ0) is 41.7. The highest BCUT2D eigenvalue weighted by Crippen LogP contribution is 2.55. The first-order valence-corrected chi connectivity index (χ1v) is 21.8. The molecule has 0 saturated heterocycles. The Morgan fingerprint density at radius 1 is 0.397 bits per heavy atom. The standard InChI is InChI=1S/C60H43N3/c1-5-17-42(18-6-1)44-29-35-49(36-30-44)61(50-37-31-45(32-38-50)43-19-7-2-8-20-43)51-39-33-46(34-40-51)54-41-55-52-25-13-15-27-56(52)62(47-21-9-3-10-22-47)59(55)60-58(54)53-26-14-16-28-57(53)63(60)48-23-11-4-12-24-48/h1-41,52,56H. The second-order valence-electron chi connectivity index (χ2n) is 16.5. The van der Waals surface area contributed by atoms with Crippen LogP contribution in [0, 0.1) is 0 Å². The highest BCUT2D eigenvalue weighted by Gasteiger charge is 2.41. The number of hydrogen-bond donors (Lipinski definition) is 0. The van der Waals surface area contributed by atoms with Gasteiger partial charge in [0.2, 0.25) is 0 Å². The van der Waals surface area contributed by atoms with Gasteiger partial charge >= 0.3 is 0 Å². The Bertz CT molecular complexity index is 3210. The summed E-state index contributed by atoms with van der Waals surface area (Å²) in [5, 5.41) is 2.50. The fourth-order valence-corrected chi connectivity index (χ4v) is 10.0. The molecule has 1 aliphatic carbocycles. The summed E-state index contributed by atoms with van der Waals surface area (Å²) >= 11 is 0. The molecule has 0 radical (unpaired) electrons. The minimum atomic E-state index is 0.158. The van der Waals surface area contributed by atoms with E-state index >= 15 is 0 Å². The van der Waals surface area contributed by atoms with Gasteiger partial charge in [-0.1, -0.05) is 176 Å². The van der Waals surface area contributed by atoms with Crippen molar-refractivity contribution in [1.82, 2.24) is 4.57 Å². The zero-order valence-corrected chi connectivity index (χ0v) is 34.7. The van der Waals surface area contributed by atoms with Crippen LogP contribution >= 0.6 is 0 Å². The number of hydrogen-bond acceptors (Lipinski definition) is 2. The second kappa shape index (κ2) is 15.4. The van der Waals surface area contributed by atoms with E-state index in [0.29, 0.717) is 0 Å². The molecular formula is C60H43N3. The first-order valence-electron chi connectivity index (χ1n) is 21.8. The summed E-state index contributed by atoms with van der Waals surface area (Å²) in [4.78, 5) is 4.95. The highest BCUT2D eigenvalue weighted by molar-refractivity contribution is 6.21. The summed E-state index contributed by atoms with van der Waals surface area (Å²) in [5.41, 5.74) is 17.9. The Kier molecular flexibility index (Phi) is 8.97. The summed E-state index contributed by atoms with van der Waals surface area (Å²) < 4.78 is 2.50. The third-order valence-electron chi connectivity index (χ3n) is 12.9. The molecule has 1 aliphatic heterocycles. The molecule has 0 N–H and O–H groups in total. The van der Waals surface area contributed by atoms with E-state index in [1.807, 2.05) is 0 Å². The van der Waals surface area contributed by atoms with E-state index in [4.69, 9.17) is 0 Å². The molecule has 298 valence electrons. The predicted molar refractivity (Wildman–Crippen MR) is 265 cm³/mol. The lowest BCUT2D eigenvalue weighted by Crippen LogP contribution is -2.28. The molecule has 1 aromatic heterocycles. The van der Waals surface area contributed by atoms with E-state index in [0.717, 1.165) is 22.7 Å². The van der Waals surface area contributed by atoms with Crippen LogP contribution in [0.3, 0.4) is 0 Å². The van der Waals surface area contributed by atoms with Gasteiger partial charge in [0.15, 0.2) is 0 Å². The van der Waals surface area contributed by atoms with Gasteiger partial charge in [-0.3, -0.25) is 0 Å². The predicted octanol–water partition coefficient (Wildman–Crippen LogP) is 16.0. The monoisotopic (exact) mass is 805 g/mol. The van der Waals surface area contributed by atoms with Crippen LogP contribution in [0.25, 0.3) is 60.9 Å². The summed E-state index contributed by atoms with van der Waals surface area (Å²) in [5.74, 6) is 0.197. The number of benzene rings is 9. The summed E-state index contributed by atoms with van der Waals surface area (Å²) in [6, 6.07) is 81.7. The fourth-order valence-electron chi connectivity index (χ4n) is 10.0. The van der Waals surface area contributed by atoms with Crippen LogP contribution in [0.2, 0.25) is 0 Å². The van der Waals surface area contributed by atoms with Crippen LogP contribution in [0.15, 0.2) is 249 Å². The lowest BCUT2D eigenvalue weighted by atomic mass is 9.88. The molecule has 3 heteroatoms. The largest absolute Gasteiger partial charge is 0.332 e. The van der Waals surface area contributed by atoms with Gasteiger partial charge < -0.3 is 14.4 Å². The van der Waals surface area contributed by atoms with E-state index in [1.54, 1.807) is 0 Å². The Morgan fingerprint density at radius 2 is 0.857 bits per heavy atom. The first-order chi connectivity index (χ1) is 31.3. The van der Waals surface area contributed by atoms with Crippen molar-refractivity contribution in [1.29, 1.82) is 0 Å². The molecule has 3 nitrogen and oxygen atoms in total. The van der Waals surface area contributed by atoms with Crippen molar-refractivity contribution in [3.8, 4) is 39.1 Å². The van der Waals surface area contributed by atoms with Crippen molar-refractivity contribution in [2.75, 3.05) is 9.80 Å². The van der Waals surface area contributed by atoms with Gasteiger partial charge in [0.05, 0.1) is 22.8 Å². The lowest BCUT2D eigenvalue weighted by Gasteiger charge is -2.29. The van der Waals surface area contributed by atoms with Crippen LogP contribution in [0.5, 0.6) is 0 Å². The maximum Gasteiger partial charge on any atom is 0.0788 e. The minimum absolute atomic E-state index is 0.158. The summed E-state index contributed by atoms with van der Waals surface area (Å²) in [6.45, 7) is 0. The normalized spacial score (nSPS) is 15.1. The topological polar surface area (TPSA) is 11.4 Å². The van der Waals surface area contributed by atoms with Crippen molar-refractivity contribution < 1.29 is 0 Å². The number of rotatable bonds is 8. The van der Waals surface area contributed by atoms with Crippen LogP contribution in [-0.2, 0) is 0 Å². The highest BCUT2D eigenvalue weighted by atomic mass is 15.2. The number of allylic oxidation sites excluding steroid dienone is 2. The SMILES string of the molecule is C1=CC2c3cc(-c4ccc(N(c5ccc(-c6ccccc6)cc5)c5ccc(-c6ccccc6)cc5)cc4)c4c5ccccc5n(-c5ccccc5)c4c3N(c3ccccc3)C2C=C1. The van der Waals surface area contributed by atoms with E-state index in [9.17, 15) is 0 Å². The minimum Gasteiger partial charge on any atom is -0.332 e. The molecule has 2 unspecified atom stereocenters. The van der Waals surface area contributed by atoms with Crippen molar-refractivity contribution >= 4 is 50.2 Å². The van der Waals surface area contributed by atoms with Gasteiger partial charge in [0, 0.05) is 45.1 Å². The van der Waals surface area contributed by atoms with E-state index < -0.39 is 0 Å². The van der Waals surface area contributed by atoms with Gasteiger partial charge in [0.1, 0.15) is 0 Å². The molecular weight excluding hydrogens is 763 g/mol. The molecule has 12 rings (SSSR count). The number of fused-ring (bicyclic) bond motifs is 7. The fraction of sp³-hybridized carbons (Fsp3) is 0.0333. The maximum atomic E-state index is 2.58. The van der Waals surface area contributed by atoms with Crippen LogP contribution in [0.4, 0.5) is 28.4 Å². The molecule has 10 aromatic rings. The van der Waals surface area contributed by atoms with Crippen molar-refractivity contribution in [2.24, 2.45) is 0 Å². The van der Waals surface area contributed by atoms with Gasteiger partial charge in [0.25, 0.3) is 0 Å². The van der Waals surface area contributed by atoms with Crippen molar-refractivity contribution in [3.05, 3.63) is 254 Å². The van der Waals surface area contributed by atoms with Crippen LogP contribution in [-0.4, -0.2) is 10.6 Å². The molecule has 2 aliphatic rings. The molecule has 9 aromatic carbocycles. The molecule has 0 amide bonds. The zero-order valence-electron chi connectivity index (χ0n) is 34.7. The Hall–Kier alpha value is -8.14. The van der Waals surface area contributed by atoms with Gasteiger partial charge in [-0.25, -0.2) is 0 Å². The molecule has 2 atom stereocenters. The van der Waals surface area contributed by atoms with Crippen molar-refractivity contribution in [2.45, 2.75) is 12.0 Å². The van der Waals surface area contributed by atoms with Crippen LogP contribution < -0.4 is 9.80 Å². The Morgan fingerprint density at radius 3 is 1.43 bits per heavy atom. The molecule has 0 spiro atoms. The first kappa shape index (κ1) is 36.7. The van der Waals surface area contributed by atoms with E-state index in [1.165, 1.54) is 72.1 Å². The number of aromatic nitrogens is 1.